The van der Waals surface area contributed by atoms with E-state index in [9.17, 15) is 13.2 Å². The van der Waals surface area contributed by atoms with Crippen molar-refractivity contribution in [2.45, 2.75) is 25.3 Å². The zero-order valence-corrected chi connectivity index (χ0v) is 21.7. The third-order valence-electron chi connectivity index (χ3n) is 6.56. The Morgan fingerprint density at radius 2 is 1.92 bits per heavy atom. The Balaban J connectivity index is 0.00000151. The van der Waals surface area contributed by atoms with E-state index in [1.807, 2.05) is 30.3 Å². The molecule has 1 fully saturated rings. The number of rotatable bonds is 6. The fourth-order valence-corrected chi connectivity index (χ4v) is 5.52. The number of hydrogen-bond acceptors (Lipinski definition) is 6. The maximum Gasteiger partial charge on any atom is 0.261 e. The molecule has 3 N–H and O–H groups in total. The molecule has 5 heterocycles. The highest BCUT2D eigenvalue weighted by atomic mass is 32.1. The molecular formula is C29H25F3N6S. The standard InChI is InChI=1S/C27H23F3N6S.C2H2/c28-23-4-3-22(37-23)20-5-7-33-26-25(20)34-24(35-26)11-18-10-17(1-2-21(18)31)19-9-16(12-32-13-19)14-36-8-6-27(29,30)15-36;1-2/h1-5,7,9-10,12-13H,6,8,11,14-15,31H2,(H,33,34,35);1-2H. The minimum absolute atomic E-state index is 0.107. The topological polar surface area (TPSA) is 83.7 Å². The highest BCUT2D eigenvalue weighted by Gasteiger charge is 2.37. The Kier molecular flexibility index (Phi) is 7.37. The minimum Gasteiger partial charge on any atom is -0.398 e. The van der Waals surface area contributed by atoms with Gasteiger partial charge in [0.15, 0.2) is 10.8 Å². The number of likely N-dealkylation sites (tertiary alicyclic amines) is 1. The van der Waals surface area contributed by atoms with Gasteiger partial charge in [0.05, 0.1) is 12.1 Å². The number of nitrogens with zero attached hydrogens (tertiary/aromatic N) is 4. The lowest BCUT2D eigenvalue weighted by Gasteiger charge is -2.16. The molecule has 0 radical (unpaired) electrons. The second kappa shape index (κ2) is 10.9. The van der Waals surface area contributed by atoms with Crippen LogP contribution < -0.4 is 5.73 Å². The molecule has 1 aliphatic heterocycles. The third kappa shape index (κ3) is 5.79. The molecule has 1 saturated heterocycles. The number of thiophene rings is 1. The smallest absolute Gasteiger partial charge is 0.261 e. The van der Waals surface area contributed by atoms with E-state index >= 15 is 0 Å². The molecule has 6 nitrogen and oxygen atoms in total. The first-order chi connectivity index (χ1) is 18.8. The van der Waals surface area contributed by atoms with E-state index < -0.39 is 5.92 Å². The second-order valence-electron chi connectivity index (χ2n) is 9.33. The van der Waals surface area contributed by atoms with Crippen molar-refractivity contribution in [3.05, 3.63) is 83.1 Å². The van der Waals surface area contributed by atoms with Crippen LogP contribution in [0, 0.1) is 18.0 Å². The van der Waals surface area contributed by atoms with Crippen molar-refractivity contribution < 1.29 is 13.2 Å². The van der Waals surface area contributed by atoms with Crippen LogP contribution in [0.25, 0.3) is 32.7 Å². The largest absolute Gasteiger partial charge is 0.398 e. The van der Waals surface area contributed by atoms with Crippen LogP contribution in [0.3, 0.4) is 0 Å². The van der Waals surface area contributed by atoms with Gasteiger partial charge in [-0.1, -0.05) is 6.07 Å². The minimum atomic E-state index is -2.62. The number of fused-ring (bicyclic) bond motifs is 1. The summed E-state index contributed by atoms with van der Waals surface area (Å²) in [6.45, 7) is 0.582. The first kappa shape index (κ1) is 26.4. The molecule has 0 saturated carbocycles. The van der Waals surface area contributed by atoms with Crippen LogP contribution in [0.4, 0.5) is 18.9 Å². The molecule has 0 spiro atoms. The van der Waals surface area contributed by atoms with Crippen LogP contribution in [-0.2, 0) is 13.0 Å². The molecule has 1 aromatic carbocycles. The highest BCUT2D eigenvalue weighted by molar-refractivity contribution is 7.14. The van der Waals surface area contributed by atoms with Crippen molar-refractivity contribution in [1.82, 2.24) is 24.8 Å². The van der Waals surface area contributed by atoms with Gasteiger partial charge in [-0.3, -0.25) is 9.88 Å². The maximum absolute atomic E-state index is 13.6. The van der Waals surface area contributed by atoms with E-state index in [1.54, 1.807) is 29.6 Å². The normalized spacial score (nSPS) is 14.8. The number of hydrogen-bond donors (Lipinski definition) is 2. The second-order valence-corrected chi connectivity index (χ2v) is 10.4. The lowest BCUT2D eigenvalue weighted by molar-refractivity contribution is 0.0115. The summed E-state index contributed by atoms with van der Waals surface area (Å²) in [7, 11) is 0. The number of nitrogen functional groups attached to an aromatic ring is 1. The van der Waals surface area contributed by atoms with E-state index in [0.717, 1.165) is 49.5 Å². The molecule has 1 aliphatic rings. The molecule has 10 heteroatoms. The van der Waals surface area contributed by atoms with E-state index in [4.69, 9.17) is 5.73 Å². The van der Waals surface area contributed by atoms with Crippen molar-refractivity contribution in [3.8, 4) is 34.4 Å². The van der Waals surface area contributed by atoms with Crippen LogP contribution in [0.2, 0.25) is 0 Å². The summed E-state index contributed by atoms with van der Waals surface area (Å²) >= 11 is 1.07. The van der Waals surface area contributed by atoms with Gasteiger partial charge in [0.25, 0.3) is 5.92 Å². The van der Waals surface area contributed by atoms with Gasteiger partial charge in [-0.05, 0) is 53.1 Å². The van der Waals surface area contributed by atoms with Crippen LogP contribution in [0.5, 0.6) is 0 Å². The summed E-state index contributed by atoms with van der Waals surface area (Å²) in [6.07, 6.45) is 13.5. The molecule has 0 bridgehead atoms. The lowest BCUT2D eigenvalue weighted by atomic mass is 10.0. The Hall–Kier alpha value is -4.20. The van der Waals surface area contributed by atoms with E-state index in [2.05, 4.69) is 32.8 Å². The molecular weight excluding hydrogens is 521 g/mol. The highest BCUT2D eigenvalue weighted by Crippen LogP contribution is 2.33. The predicted molar refractivity (Wildman–Crippen MR) is 149 cm³/mol. The van der Waals surface area contributed by atoms with Crippen molar-refractivity contribution in [2.75, 3.05) is 18.8 Å². The number of pyridine rings is 2. The van der Waals surface area contributed by atoms with Gasteiger partial charge in [0.1, 0.15) is 5.82 Å². The number of aromatic nitrogens is 4. The number of halogens is 3. The van der Waals surface area contributed by atoms with Gasteiger partial charge in [-0.25, -0.2) is 18.7 Å². The predicted octanol–water partition coefficient (Wildman–Crippen LogP) is 6.15. The number of nitrogens with two attached hydrogens (primary N) is 1. The average Bonchev–Trinajstić information content (AvgIpc) is 3.64. The number of H-pyrrole nitrogens is 1. The van der Waals surface area contributed by atoms with Crippen molar-refractivity contribution >= 4 is 28.2 Å². The first-order valence-electron chi connectivity index (χ1n) is 12.2. The van der Waals surface area contributed by atoms with Gasteiger partial charge in [-0.15, -0.1) is 24.2 Å². The molecule has 0 unspecified atom stereocenters. The van der Waals surface area contributed by atoms with Gasteiger partial charge in [-0.2, -0.15) is 4.39 Å². The molecule has 0 aliphatic carbocycles. The zero-order chi connectivity index (χ0) is 27.6. The molecule has 39 heavy (non-hydrogen) atoms. The Bertz CT molecular complexity index is 1640. The van der Waals surface area contributed by atoms with E-state index in [1.165, 1.54) is 6.07 Å². The van der Waals surface area contributed by atoms with E-state index in [0.29, 0.717) is 36.7 Å². The molecule has 0 atom stereocenters. The summed E-state index contributed by atoms with van der Waals surface area (Å²) in [6, 6.07) is 12.8. The monoisotopic (exact) mass is 546 g/mol. The summed E-state index contributed by atoms with van der Waals surface area (Å²) in [4.78, 5) is 19.2. The lowest BCUT2D eigenvalue weighted by Crippen LogP contribution is -2.24. The van der Waals surface area contributed by atoms with Gasteiger partial charge in [0, 0.05) is 66.2 Å². The molecule has 198 valence electrons. The average molecular weight is 547 g/mol. The molecule has 4 aromatic heterocycles. The van der Waals surface area contributed by atoms with Gasteiger partial charge in [0.2, 0.25) is 0 Å². The molecule has 5 aromatic rings. The van der Waals surface area contributed by atoms with Gasteiger partial charge < -0.3 is 10.7 Å². The van der Waals surface area contributed by atoms with Crippen LogP contribution in [0.15, 0.2) is 61.1 Å². The Morgan fingerprint density at radius 1 is 1.08 bits per heavy atom. The van der Waals surface area contributed by atoms with Crippen molar-refractivity contribution in [2.24, 2.45) is 0 Å². The van der Waals surface area contributed by atoms with Crippen LogP contribution in [-0.4, -0.2) is 43.8 Å². The Morgan fingerprint density at radius 3 is 2.67 bits per heavy atom. The van der Waals surface area contributed by atoms with Crippen LogP contribution >= 0.6 is 11.3 Å². The fourth-order valence-electron chi connectivity index (χ4n) is 4.76. The Labute approximate surface area is 227 Å². The summed E-state index contributed by atoms with van der Waals surface area (Å²) in [5.41, 5.74) is 12.7. The molecule has 6 rings (SSSR count). The maximum atomic E-state index is 13.6. The summed E-state index contributed by atoms with van der Waals surface area (Å²) in [5.74, 6) is -1.93. The SMILES string of the molecule is C#C.Nc1ccc(-c2cncc(CN3CCC(F)(F)C3)c2)cc1Cc1nc2nccc(-c3ccc(F)s3)c2[nH]1. The summed E-state index contributed by atoms with van der Waals surface area (Å²) in [5, 5.41) is -0.249. The van der Waals surface area contributed by atoms with E-state index in [-0.39, 0.29) is 18.1 Å². The number of imidazole rings is 1. The third-order valence-corrected chi connectivity index (χ3v) is 7.47. The zero-order valence-electron chi connectivity index (χ0n) is 20.9. The van der Waals surface area contributed by atoms with Crippen molar-refractivity contribution in [1.29, 1.82) is 0 Å². The number of nitrogens with one attached hydrogen (secondary N) is 1. The summed E-state index contributed by atoms with van der Waals surface area (Å²) < 4.78 is 40.8. The van der Waals surface area contributed by atoms with Gasteiger partial charge >= 0.3 is 0 Å². The first-order valence-corrected chi connectivity index (χ1v) is 13.0. The number of aromatic amines is 1. The number of alkyl halides is 2. The number of terminal acetylenes is 1. The van der Waals surface area contributed by atoms with Crippen LogP contribution in [0.1, 0.15) is 23.4 Å². The van der Waals surface area contributed by atoms with Crippen molar-refractivity contribution in [3.63, 3.8) is 0 Å². The molecule has 0 amide bonds. The number of benzene rings is 1. The number of anilines is 1. The quantitative estimate of drug-likeness (QED) is 0.197. The fraction of sp³-hybridized carbons (Fsp3) is 0.207.